The molecule has 4 nitrogen and oxygen atoms in total. The lowest BCUT2D eigenvalue weighted by Gasteiger charge is -2.42. The highest BCUT2D eigenvalue weighted by Crippen LogP contribution is 2.32. The quantitative estimate of drug-likeness (QED) is 0.837. The van der Waals surface area contributed by atoms with E-state index < -0.39 is 0 Å². The summed E-state index contributed by atoms with van der Waals surface area (Å²) in [4.78, 5) is 29.1. The molecular weight excluding hydrogens is 264 g/mol. The predicted molar refractivity (Wildman–Crippen MR) is 82.2 cm³/mol. The van der Waals surface area contributed by atoms with Gasteiger partial charge >= 0.3 is 0 Å². The van der Waals surface area contributed by atoms with Gasteiger partial charge in [0.1, 0.15) is 12.1 Å². The summed E-state index contributed by atoms with van der Waals surface area (Å²) in [6.45, 7) is 6.75. The molecule has 3 rings (SSSR count). The highest BCUT2D eigenvalue weighted by Gasteiger charge is 2.47. The van der Waals surface area contributed by atoms with Crippen molar-refractivity contribution >= 4 is 17.5 Å². The fraction of sp³-hybridized carbons (Fsp3) is 0.529. The predicted octanol–water partition coefficient (Wildman–Crippen LogP) is 2.42. The molecule has 0 bridgehead atoms. The Bertz CT molecular complexity index is 576. The first-order valence-corrected chi connectivity index (χ1v) is 7.74. The van der Waals surface area contributed by atoms with E-state index in [0.717, 1.165) is 36.2 Å². The highest BCUT2D eigenvalue weighted by atomic mass is 16.2. The molecule has 0 aliphatic carbocycles. The van der Waals surface area contributed by atoms with Crippen LogP contribution in [0, 0.1) is 13.8 Å². The number of nitrogens with zero attached hydrogens (tertiary/aromatic N) is 2. The van der Waals surface area contributed by atoms with Gasteiger partial charge in [0.05, 0.1) is 0 Å². The van der Waals surface area contributed by atoms with Gasteiger partial charge in [0, 0.05) is 12.2 Å². The number of piperazine rings is 1. The molecule has 2 unspecified atom stereocenters. The molecular formula is C17H22N2O2. The molecule has 1 aromatic rings. The van der Waals surface area contributed by atoms with E-state index in [2.05, 4.69) is 6.07 Å². The molecule has 0 N–H and O–H groups in total. The molecule has 0 spiro atoms. The molecule has 2 aliphatic heterocycles. The van der Waals surface area contributed by atoms with Crippen LogP contribution in [0.4, 0.5) is 5.69 Å². The number of aryl methyl sites for hydroxylation is 2. The normalized spacial score (nSPS) is 25.5. The van der Waals surface area contributed by atoms with E-state index in [4.69, 9.17) is 0 Å². The monoisotopic (exact) mass is 286 g/mol. The van der Waals surface area contributed by atoms with Gasteiger partial charge in [-0.05, 0) is 56.4 Å². The zero-order valence-corrected chi connectivity index (χ0v) is 12.9. The third-order valence-electron chi connectivity index (χ3n) is 4.53. The van der Waals surface area contributed by atoms with Crippen LogP contribution in [0.3, 0.4) is 0 Å². The molecule has 1 aromatic carbocycles. The van der Waals surface area contributed by atoms with Gasteiger partial charge in [-0.3, -0.25) is 14.5 Å². The summed E-state index contributed by atoms with van der Waals surface area (Å²) in [6, 6.07) is 5.49. The summed E-state index contributed by atoms with van der Waals surface area (Å²) in [6.07, 6.45) is 2.38. The van der Waals surface area contributed by atoms with Crippen LogP contribution in [0.2, 0.25) is 0 Å². The van der Waals surface area contributed by atoms with Gasteiger partial charge in [-0.25, -0.2) is 0 Å². The molecule has 2 aliphatic rings. The summed E-state index contributed by atoms with van der Waals surface area (Å²) in [5.74, 6) is 0.197. The van der Waals surface area contributed by atoms with Crippen molar-refractivity contribution in [2.24, 2.45) is 0 Å². The summed E-state index contributed by atoms with van der Waals surface area (Å²) < 4.78 is 0. The number of fused-ring (bicyclic) bond motifs is 1. The van der Waals surface area contributed by atoms with Gasteiger partial charge < -0.3 is 4.90 Å². The minimum atomic E-state index is -0.354. The zero-order chi connectivity index (χ0) is 15.1. The minimum Gasteiger partial charge on any atom is -0.329 e. The highest BCUT2D eigenvalue weighted by molar-refractivity contribution is 6.08. The second-order valence-corrected chi connectivity index (χ2v) is 6.17. The molecule has 2 fully saturated rings. The van der Waals surface area contributed by atoms with E-state index in [1.807, 2.05) is 32.9 Å². The maximum absolute atomic E-state index is 12.9. The zero-order valence-electron chi connectivity index (χ0n) is 12.9. The first-order valence-electron chi connectivity index (χ1n) is 7.74. The molecule has 2 amide bonds. The van der Waals surface area contributed by atoms with E-state index in [9.17, 15) is 9.59 Å². The van der Waals surface area contributed by atoms with Crippen molar-refractivity contribution in [3.8, 4) is 0 Å². The second-order valence-electron chi connectivity index (χ2n) is 6.17. The van der Waals surface area contributed by atoms with E-state index in [1.165, 1.54) is 0 Å². The largest absolute Gasteiger partial charge is 0.329 e. The Labute approximate surface area is 125 Å². The molecule has 2 heterocycles. The van der Waals surface area contributed by atoms with Gasteiger partial charge in [-0.2, -0.15) is 0 Å². The number of rotatable bonds is 2. The standard InChI is InChI=1S/C17H22N2O2/c1-4-14-16(20)18-7-5-6-15(18)17(21)19(14)13-9-11(2)8-12(3)10-13/h8-10,14-15H,4-7H2,1-3H3. The molecule has 2 saturated heterocycles. The maximum atomic E-state index is 12.9. The third kappa shape index (κ3) is 2.23. The number of benzene rings is 1. The molecule has 0 saturated carbocycles. The number of amides is 2. The average Bonchev–Trinajstić information content (AvgIpc) is 2.91. The number of anilines is 1. The average molecular weight is 286 g/mol. The summed E-state index contributed by atoms with van der Waals surface area (Å²) in [5, 5.41) is 0. The van der Waals surface area contributed by atoms with Crippen LogP contribution in [0.1, 0.15) is 37.3 Å². The smallest absolute Gasteiger partial charge is 0.250 e. The summed E-state index contributed by atoms with van der Waals surface area (Å²) in [7, 11) is 0. The Morgan fingerprint density at radius 3 is 2.38 bits per heavy atom. The van der Waals surface area contributed by atoms with Crippen LogP contribution in [0.5, 0.6) is 0 Å². The van der Waals surface area contributed by atoms with Gasteiger partial charge in [0.2, 0.25) is 5.91 Å². The molecule has 21 heavy (non-hydrogen) atoms. The number of carbonyl (C=O) groups is 2. The lowest BCUT2D eigenvalue weighted by Crippen LogP contribution is -2.63. The van der Waals surface area contributed by atoms with E-state index in [0.29, 0.717) is 6.42 Å². The topological polar surface area (TPSA) is 40.6 Å². The fourth-order valence-corrected chi connectivity index (χ4v) is 3.66. The molecule has 112 valence electrons. The first-order chi connectivity index (χ1) is 10.0. The van der Waals surface area contributed by atoms with E-state index in [-0.39, 0.29) is 23.9 Å². The Balaban J connectivity index is 2.05. The van der Waals surface area contributed by atoms with E-state index in [1.54, 1.807) is 9.80 Å². The summed E-state index contributed by atoms with van der Waals surface area (Å²) in [5.41, 5.74) is 3.10. The molecule has 0 aromatic heterocycles. The Hall–Kier alpha value is -1.84. The van der Waals surface area contributed by atoms with E-state index >= 15 is 0 Å². The summed E-state index contributed by atoms with van der Waals surface area (Å²) >= 11 is 0. The number of carbonyl (C=O) groups excluding carboxylic acids is 2. The van der Waals surface area contributed by atoms with Gasteiger partial charge in [0.15, 0.2) is 0 Å². The Kier molecular flexibility index (Phi) is 3.47. The minimum absolute atomic E-state index is 0.0870. The third-order valence-corrected chi connectivity index (χ3v) is 4.53. The molecule has 0 radical (unpaired) electrons. The van der Waals surface area contributed by atoms with Crippen molar-refractivity contribution in [2.45, 2.75) is 52.1 Å². The van der Waals surface area contributed by atoms with Gasteiger partial charge in [-0.15, -0.1) is 0 Å². The van der Waals surface area contributed by atoms with Crippen molar-refractivity contribution in [1.29, 1.82) is 0 Å². The van der Waals surface area contributed by atoms with Crippen LogP contribution in [0.15, 0.2) is 18.2 Å². The number of hydrogen-bond acceptors (Lipinski definition) is 2. The Morgan fingerprint density at radius 1 is 1.10 bits per heavy atom. The van der Waals surface area contributed by atoms with Crippen LogP contribution < -0.4 is 4.90 Å². The van der Waals surface area contributed by atoms with Gasteiger partial charge in [-0.1, -0.05) is 13.0 Å². The lowest BCUT2D eigenvalue weighted by atomic mass is 10.0. The second kappa shape index (κ2) is 5.17. The first kappa shape index (κ1) is 14.1. The van der Waals surface area contributed by atoms with Crippen LogP contribution in [0.25, 0.3) is 0 Å². The van der Waals surface area contributed by atoms with Crippen LogP contribution in [-0.4, -0.2) is 35.3 Å². The Morgan fingerprint density at radius 2 is 1.76 bits per heavy atom. The van der Waals surface area contributed by atoms with Crippen molar-refractivity contribution in [2.75, 3.05) is 11.4 Å². The SMILES string of the molecule is CCC1C(=O)N2CCCC2C(=O)N1c1cc(C)cc(C)c1. The van der Waals surface area contributed by atoms with Gasteiger partial charge in [0.25, 0.3) is 5.91 Å². The lowest BCUT2D eigenvalue weighted by molar-refractivity contribution is -0.144. The number of hydrogen-bond donors (Lipinski definition) is 0. The van der Waals surface area contributed by atoms with Crippen molar-refractivity contribution in [3.05, 3.63) is 29.3 Å². The van der Waals surface area contributed by atoms with Crippen LogP contribution >= 0.6 is 0 Å². The van der Waals surface area contributed by atoms with Crippen molar-refractivity contribution in [3.63, 3.8) is 0 Å². The maximum Gasteiger partial charge on any atom is 0.250 e. The van der Waals surface area contributed by atoms with Crippen LogP contribution in [-0.2, 0) is 9.59 Å². The van der Waals surface area contributed by atoms with Crippen molar-refractivity contribution in [1.82, 2.24) is 4.90 Å². The molecule has 2 atom stereocenters. The molecule has 4 heteroatoms. The fourth-order valence-electron chi connectivity index (χ4n) is 3.66. The van der Waals surface area contributed by atoms with Crippen molar-refractivity contribution < 1.29 is 9.59 Å².